The Bertz CT molecular complexity index is 2340. The minimum atomic E-state index is -0.715. The molecule has 4 aromatic rings. The number of unbranched alkanes of at least 4 members (excludes halogenated alkanes) is 16. The standard InChI is InChI=1S/C72H106N4O6/c1-11-13-15-17-19-21-23-25-33-45-73-47-49-75(67(55(3)4)69(63-35-29-27-30-36-63)79-53-61-41-39-57(7)59(9)51-61)71(73)81-65(77)43-44-66(78)82-72-74(46-34-26-24-22-20-18-16-14-12-2)48-50-76(72)68(56(5)6)70(64-37-31-28-32-38-64)80-54-62-42-40-58(8)60(10)52-62/h27-32,35-42,47-52,55-56,67-72H,11-26,33-34,43-46,53-54H2,1-10H3. The van der Waals surface area contributed by atoms with Gasteiger partial charge in [0.05, 0.1) is 38.1 Å². The summed E-state index contributed by atoms with van der Waals surface area (Å²) in [5.41, 5.74) is 9.33. The molecule has 0 fully saturated rings. The van der Waals surface area contributed by atoms with Crippen molar-refractivity contribution < 1.29 is 28.5 Å². The second-order valence-corrected chi connectivity index (χ2v) is 24.3. The molecule has 0 saturated carbocycles. The maximum atomic E-state index is 14.5. The number of carbonyl (C=O) groups is 2. The number of hydrogen-bond donors (Lipinski definition) is 0. The molecule has 0 saturated heterocycles. The number of hydrogen-bond acceptors (Lipinski definition) is 10. The quantitative estimate of drug-likeness (QED) is 0.0318. The van der Waals surface area contributed by atoms with Crippen LogP contribution in [-0.2, 0) is 41.8 Å². The van der Waals surface area contributed by atoms with Gasteiger partial charge in [-0.2, -0.15) is 0 Å². The van der Waals surface area contributed by atoms with Crippen molar-refractivity contribution in [1.82, 2.24) is 19.6 Å². The highest BCUT2D eigenvalue weighted by Crippen LogP contribution is 2.38. The highest BCUT2D eigenvalue weighted by Gasteiger charge is 2.43. The summed E-state index contributed by atoms with van der Waals surface area (Å²) < 4.78 is 27.3. The van der Waals surface area contributed by atoms with Crippen LogP contribution in [0.2, 0.25) is 0 Å². The van der Waals surface area contributed by atoms with Crippen molar-refractivity contribution in [2.45, 2.75) is 248 Å². The zero-order valence-corrected chi connectivity index (χ0v) is 52.4. The Kier molecular flexibility index (Phi) is 28.4. The number of esters is 2. The van der Waals surface area contributed by atoms with Crippen LogP contribution in [0.1, 0.15) is 227 Å². The van der Waals surface area contributed by atoms with E-state index >= 15 is 0 Å². The van der Waals surface area contributed by atoms with Crippen LogP contribution in [-0.4, -0.2) is 69.4 Å². The lowest BCUT2D eigenvalue weighted by Gasteiger charge is -2.42. The first-order chi connectivity index (χ1) is 39.8. The molecule has 0 N–H and O–H groups in total. The van der Waals surface area contributed by atoms with E-state index in [1.165, 1.54) is 112 Å². The molecule has 10 nitrogen and oxygen atoms in total. The highest BCUT2D eigenvalue weighted by molar-refractivity contribution is 5.77. The van der Waals surface area contributed by atoms with Gasteiger partial charge < -0.3 is 38.5 Å². The predicted octanol–water partition coefficient (Wildman–Crippen LogP) is 17.9. The fraction of sp³-hybridized carbons (Fsp3) is 0.583. The van der Waals surface area contributed by atoms with E-state index in [2.05, 4.69) is 199 Å². The van der Waals surface area contributed by atoms with Crippen molar-refractivity contribution >= 4 is 11.9 Å². The normalized spacial score (nSPS) is 16.6. The summed E-state index contributed by atoms with van der Waals surface area (Å²) >= 11 is 0. The van der Waals surface area contributed by atoms with Gasteiger partial charge in [-0.1, -0.05) is 241 Å². The smallest absolute Gasteiger partial charge is 0.309 e. The van der Waals surface area contributed by atoms with Crippen LogP contribution in [0.5, 0.6) is 0 Å². The molecule has 0 spiro atoms. The first kappa shape index (κ1) is 65.6. The summed E-state index contributed by atoms with van der Waals surface area (Å²) in [5, 5.41) is 0. The highest BCUT2D eigenvalue weighted by atomic mass is 16.6. The van der Waals surface area contributed by atoms with Gasteiger partial charge in [0.15, 0.2) is 0 Å². The van der Waals surface area contributed by atoms with Gasteiger partial charge in [0.25, 0.3) is 12.7 Å². The van der Waals surface area contributed by atoms with Gasteiger partial charge in [-0.05, 0) is 96.9 Å². The summed E-state index contributed by atoms with van der Waals surface area (Å²) in [5.74, 6) is -0.680. The molecule has 450 valence electrons. The zero-order chi connectivity index (χ0) is 58.6. The summed E-state index contributed by atoms with van der Waals surface area (Å²) in [4.78, 5) is 37.7. The van der Waals surface area contributed by atoms with Gasteiger partial charge in [0.2, 0.25) is 0 Å². The van der Waals surface area contributed by atoms with E-state index in [0.29, 0.717) is 13.2 Å². The molecular formula is C72H106N4O6. The van der Waals surface area contributed by atoms with Crippen molar-refractivity contribution in [2.75, 3.05) is 13.1 Å². The Morgan fingerprint density at radius 2 is 0.768 bits per heavy atom. The van der Waals surface area contributed by atoms with E-state index in [1.807, 2.05) is 12.1 Å². The number of carbonyl (C=O) groups excluding carboxylic acids is 2. The van der Waals surface area contributed by atoms with Gasteiger partial charge in [-0.25, -0.2) is 0 Å². The molecule has 2 aliphatic heterocycles. The van der Waals surface area contributed by atoms with Gasteiger partial charge in [0.1, 0.15) is 12.2 Å². The monoisotopic (exact) mass is 1120 g/mol. The third-order valence-electron chi connectivity index (χ3n) is 16.9. The van der Waals surface area contributed by atoms with Crippen molar-refractivity contribution in [3.63, 3.8) is 0 Å². The van der Waals surface area contributed by atoms with Crippen LogP contribution in [0, 0.1) is 39.5 Å². The van der Waals surface area contributed by atoms with Crippen molar-refractivity contribution in [2.24, 2.45) is 11.8 Å². The molecule has 0 bridgehead atoms. The third kappa shape index (κ3) is 20.6. The summed E-state index contributed by atoms with van der Waals surface area (Å²) in [7, 11) is 0. The molecule has 0 aliphatic carbocycles. The number of rotatable bonds is 39. The minimum Gasteiger partial charge on any atom is -0.422 e. The Morgan fingerprint density at radius 1 is 0.427 bits per heavy atom. The van der Waals surface area contributed by atoms with Crippen molar-refractivity contribution in [3.05, 3.63) is 166 Å². The molecule has 6 rings (SSSR count). The Labute approximate surface area is 497 Å². The molecule has 4 aromatic carbocycles. The van der Waals surface area contributed by atoms with E-state index in [4.69, 9.17) is 18.9 Å². The first-order valence-electron chi connectivity index (χ1n) is 32.1. The third-order valence-corrected chi connectivity index (χ3v) is 16.9. The minimum absolute atomic E-state index is 0.105. The first-order valence-corrected chi connectivity index (χ1v) is 32.1. The topological polar surface area (TPSA) is 84.0 Å². The van der Waals surface area contributed by atoms with Crippen LogP contribution in [0.15, 0.2) is 122 Å². The van der Waals surface area contributed by atoms with Gasteiger partial charge >= 0.3 is 11.9 Å². The van der Waals surface area contributed by atoms with E-state index in [-0.39, 0.29) is 49.0 Å². The molecular weight excluding hydrogens is 1020 g/mol. The fourth-order valence-corrected chi connectivity index (χ4v) is 11.8. The van der Waals surface area contributed by atoms with Crippen LogP contribution in [0.25, 0.3) is 0 Å². The largest absolute Gasteiger partial charge is 0.422 e. The van der Waals surface area contributed by atoms with Crippen molar-refractivity contribution in [1.29, 1.82) is 0 Å². The van der Waals surface area contributed by atoms with E-state index in [0.717, 1.165) is 61.0 Å². The molecule has 82 heavy (non-hydrogen) atoms. The fourth-order valence-electron chi connectivity index (χ4n) is 11.8. The average Bonchev–Trinajstić information content (AvgIpc) is 3.90. The van der Waals surface area contributed by atoms with Gasteiger partial charge in [-0.15, -0.1) is 0 Å². The Balaban J connectivity index is 1.20. The number of benzene rings is 4. The molecule has 2 heterocycles. The Morgan fingerprint density at radius 3 is 1.10 bits per heavy atom. The van der Waals surface area contributed by atoms with E-state index in [1.54, 1.807) is 0 Å². The van der Waals surface area contributed by atoms with Gasteiger partial charge in [0, 0.05) is 37.9 Å². The SMILES string of the molecule is CCCCCCCCCCCN1C=CN(C(C(C)C)C(OCc2ccc(C)c(C)c2)c2ccccc2)C1OC(=O)CCC(=O)OC1N(CCCCCCCCCCC)C=CN1C(C(C)C)C(OCc1ccc(C)c(C)c1)c1ccccc1. The van der Waals surface area contributed by atoms with Crippen LogP contribution < -0.4 is 0 Å². The molecule has 10 heteroatoms. The molecule has 6 unspecified atom stereocenters. The van der Waals surface area contributed by atoms with Crippen LogP contribution in [0.3, 0.4) is 0 Å². The molecule has 6 atom stereocenters. The average molecular weight is 1120 g/mol. The Hall–Kier alpha value is -5.58. The second kappa shape index (κ2) is 35.5. The maximum absolute atomic E-state index is 14.5. The lowest BCUT2D eigenvalue weighted by atomic mass is 9.92. The molecule has 0 amide bonds. The summed E-state index contributed by atoms with van der Waals surface area (Å²) in [6.07, 6.45) is 28.0. The summed E-state index contributed by atoms with van der Waals surface area (Å²) in [6.45, 7) is 24.3. The molecule has 2 aliphatic rings. The molecule has 0 radical (unpaired) electrons. The lowest BCUT2D eigenvalue weighted by molar-refractivity contribution is -0.185. The number of aryl methyl sites for hydroxylation is 4. The zero-order valence-electron chi connectivity index (χ0n) is 52.4. The second-order valence-electron chi connectivity index (χ2n) is 24.3. The van der Waals surface area contributed by atoms with E-state index in [9.17, 15) is 9.59 Å². The van der Waals surface area contributed by atoms with Gasteiger partial charge in [-0.3, -0.25) is 9.59 Å². The maximum Gasteiger partial charge on any atom is 0.309 e. The molecule has 0 aromatic heterocycles. The van der Waals surface area contributed by atoms with E-state index < -0.39 is 24.6 Å². The predicted molar refractivity (Wildman–Crippen MR) is 336 cm³/mol. The van der Waals surface area contributed by atoms with Crippen molar-refractivity contribution in [3.8, 4) is 0 Å². The van der Waals surface area contributed by atoms with Crippen LogP contribution in [0.4, 0.5) is 0 Å². The lowest BCUT2D eigenvalue weighted by Crippen LogP contribution is -2.51. The van der Waals surface area contributed by atoms with Crippen LogP contribution >= 0.6 is 0 Å². The summed E-state index contributed by atoms with van der Waals surface area (Å²) in [6, 6.07) is 33.5. The number of nitrogens with zero attached hydrogens (tertiary/aromatic N) is 4. The number of ether oxygens (including phenoxy) is 4.